The molecule has 1 atom stereocenters. The fraction of sp³-hybridized carbons (Fsp3) is 0.316. The molecule has 1 fully saturated rings. The molecular weight excluding hydrogens is 352 g/mol. The Balaban J connectivity index is 1.59. The molecule has 1 N–H and O–H groups in total. The molecule has 26 heavy (non-hydrogen) atoms. The van der Waals surface area contributed by atoms with Crippen LogP contribution in [-0.2, 0) is 26.0 Å². The van der Waals surface area contributed by atoms with Crippen molar-refractivity contribution in [3.8, 4) is 0 Å². The van der Waals surface area contributed by atoms with E-state index in [4.69, 9.17) is 4.74 Å². The first-order chi connectivity index (χ1) is 12.4. The van der Waals surface area contributed by atoms with Crippen molar-refractivity contribution >= 4 is 21.6 Å². The van der Waals surface area contributed by atoms with Crippen molar-refractivity contribution in [3.05, 3.63) is 59.2 Å². The molecule has 0 radical (unpaired) electrons. The number of hydrogen-bond acceptors (Lipinski definition) is 4. The molecule has 1 amide bonds. The van der Waals surface area contributed by atoms with E-state index in [2.05, 4.69) is 5.32 Å². The molecule has 4 rings (SSSR count). The van der Waals surface area contributed by atoms with E-state index in [1.54, 1.807) is 18.2 Å². The van der Waals surface area contributed by atoms with Crippen LogP contribution in [0.4, 0.5) is 5.69 Å². The van der Waals surface area contributed by atoms with Gasteiger partial charge in [0, 0.05) is 18.8 Å². The first kappa shape index (κ1) is 17.2. The number of carbonyl (C=O) groups is 1. The molecule has 136 valence electrons. The molecule has 2 aromatic carbocycles. The Morgan fingerprint density at radius 2 is 1.92 bits per heavy atom. The van der Waals surface area contributed by atoms with Crippen molar-refractivity contribution in [2.45, 2.75) is 24.3 Å². The summed E-state index contributed by atoms with van der Waals surface area (Å²) in [5.74, 6) is -0.111. The number of rotatable bonds is 3. The van der Waals surface area contributed by atoms with Crippen LogP contribution in [-0.4, -0.2) is 38.3 Å². The van der Waals surface area contributed by atoms with Crippen molar-refractivity contribution in [1.29, 1.82) is 0 Å². The van der Waals surface area contributed by atoms with Crippen LogP contribution in [0.5, 0.6) is 0 Å². The van der Waals surface area contributed by atoms with Crippen LogP contribution >= 0.6 is 0 Å². The van der Waals surface area contributed by atoms with Crippen molar-refractivity contribution < 1.29 is 17.9 Å². The van der Waals surface area contributed by atoms with Crippen molar-refractivity contribution in [1.82, 2.24) is 4.31 Å². The number of hydrogen-bond donors (Lipinski definition) is 1. The molecule has 2 heterocycles. The van der Waals surface area contributed by atoms with E-state index in [-0.39, 0.29) is 29.9 Å². The maximum absolute atomic E-state index is 13.1. The maximum Gasteiger partial charge on any atom is 0.243 e. The topological polar surface area (TPSA) is 75.7 Å². The number of benzene rings is 2. The lowest BCUT2D eigenvalue weighted by Crippen LogP contribution is -2.42. The van der Waals surface area contributed by atoms with Gasteiger partial charge in [0.05, 0.1) is 24.0 Å². The smallest absolute Gasteiger partial charge is 0.243 e. The van der Waals surface area contributed by atoms with Crippen molar-refractivity contribution in [2.75, 3.05) is 25.0 Å². The van der Waals surface area contributed by atoms with Crippen molar-refractivity contribution in [2.24, 2.45) is 0 Å². The third-order valence-corrected chi connectivity index (χ3v) is 6.68. The Labute approximate surface area is 152 Å². The van der Waals surface area contributed by atoms with Gasteiger partial charge in [0.2, 0.25) is 15.9 Å². The maximum atomic E-state index is 13.1. The molecule has 2 aliphatic rings. The number of fused-ring (bicyclic) bond motifs is 1. The standard InChI is InChI=1S/C19H20N2O4S/c1-13-2-4-14(5-3-13)18-12-21(8-9-25-18)26(23,24)16-6-7-17-15(10-16)11-19(22)20-17/h2-7,10,18H,8-9,11-12H2,1H3,(H,20,22). The number of morpholine rings is 1. The number of amides is 1. The molecule has 1 unspecified atom stereocenters. The zero-order chi connectivity index (χ0) is 18.3. The van der Waals surface area contributed by atoms with E-state index in [9.17, 15) is 13.2 Å². The summed E-state index contributed by atoms with van der Waals surface area (Å²) in [6.45, 7) is 2.96. The van der Waals surface area contributed by atoms with Gasteiger partial charge in [0.15, 0.2) is 0 Å². The highest BCUT2D eigenvalue weighted by Gasteiger charge is 2.32. The third kappa shape index (κ3) is 3.13. The molecule has 7 heteroatoms. The van der Waals surface area contributed by atoms with Gasteiger partial charge in [-0.2, -0.15) is 4.31 Å². The average Bonchev–Trinajstić information content (AvgIpc) is 3.01. The molecule has 0 spiro atoms. The van der Waals surface area contributed by atoms with Gasteiger partial charge in [-0.3, -0.25) is 4.79 Å². The summed E-state index contributed by atoms with van der Waals surface area (Å²) < 4.78 is 33.4. The number of ether oxygens (including phenoxy) is 1. The Bertz CT molecular complexity index is 954. The van der Waals surface area contributed by atoms with E-state index >= 15 is 0 Å². The predicted molar refractivity (Wildman–Crippen MR) is 97.4 cm³/mol. The second kappa shape index (κ2) is 6.50. The summed E-state index contributed by atoms with van der Waals surface area (Å²) in [5.41, 5.74) is 3.53. The van der Waals surface area contributed by atoms with Gasteiger partial charge >= 0.3 is 0 Å². The van der Waals surface area contributed by atoms with Gasteiger partial charge in [-0.15, -0.1) is 0 Å². The number of nitrogens with one attached hydrogen (secondary N) is 1. The Hall–Kier alpha value is -2.22. The van der Waals surface area contributed by atoms with Gasteiger partial charge < -0.3 is 10.1 Å². The first-order valence-electron chi connectivity index (χ1n) is 8.54. The fourth-order valence-corrected chi connectivity index (χ4v) is 4.82. The Kier molecular flexibility index (Phi) is 4.30. The minimum absolute atomic E-state index is 0.111. The molecule has 0 aliphatic carbocycles. The van der Waals surface area contributed by atoms with E-state index in [0.29, 0.717) is 18.8 Å². The van der Waals surface area contributed by atoms with Gasteiger partial charge in [-0.05, 0) is 36.2 Å². The lowest BCUT2D eigenvalue weighted by molar-refractivity contribution is -0.115. The van der Waals surface area contributed by atoms with Crippen molar-refractivity contribution in [3.63, 3.8) is 0 Å². The Morgan fingerprint density at radius 3 is 2.69 bits per heavy atom. The summed E-state index contributed by atoms with van der Waals surface area (Å²) in [6.07, 6.45) is -0.0647. The Morgan fingerprint density at radius 1 is 1.15 bits per heavy atom. The van der Waals surface area contributed by atoms with Crippen LogP contribution in [0.2, 0.25) is 0 Å². The van der Waals surface area contributed by atoms with Crippen LogP contribution < -0.4 is 5.32 Å². The second-order valence-corrected chi connectivity index (χ2v) is 8.62. The van der Waals surface area contributed by atoms with Gasteiger partial charge in [0.25, 0.3) is 0 Å². The van der Waals surface area contributed by atoms with Crippen LogP contribution in [0.15, 0.2) is 47.4 Å². The summed E-state index contributed by atoms with van der Waals surface area (Å²) in [5, 5.41) is 2.72. The highest BCUT2D eigenvalue weighted by Crippen LogP contribution is 2.30. The predicted octanol–water partition coefficient (Wildman–Crippen LogP) is 2.25. The molecular formula is C19H20N2O4S. The number of carbonyl (C=O) groups excluding carboxylic acids is 1. The minimum atomic E-state index is -3.64. The zero-order valence-corrected chi connectivity index (χ0v) is 15.3. The molecule has 6 nitrogen and oxygen atoms in total. The van der Waals surface area contributed by atoms with E-state index in [0.717, 1.165) is 16.7 Å². The molecule has 0 saturated carbocycles. The van der Waals surface area contributed by atoms with E-state index in [1.165, 1.54) is 4.31 Å². The summed E-state index contributed by atoms with van der Waals surface area (Å²) >= 11 is 0. The number of aryl methyl sites for hydroxylation is 1. The lowest BCUT2D eigenvalue weighted by Gasteiger charge is -2.32. The van der Waals surface area contributed by atoms with E-state index in [1.807, 2.05) is 31.2 Å². The highest BCUT2D eigenvalue weighted by atomic mass is 32.2. The molecule has 2 aromatic rings. The zero-order valence-electron chi connectivity index (χ0n) is 14.4. The minimum Gasteiger partial charge on any atom is -0.371 e. The van der Waals surface area contributed by atoms with Gasteiger partial charge in [-0.25, -0.2) is 8.42 Å². The molecule has 2 aliphatic heterocycles. The number of nitrogens with zero attached hydrogens (tertiary/aromatic N) is 1. The van der Waals surface area contributed by atoms with E-state index < -0.39 is 10.0 Å². The molecule has 1 saturated heterocycles. The van der Waals surface area contributed by atoms with Crippen LogP contribution in [0.25, 0.3) is 0 Å². The first-order valence-corrected chi connectivity index (χ1v) is 9.98. The van der Waals surface area contributed by atoms with Crippen LogP contribution in [0.3, 0.4) is 0 Å². The molecule has 0 bridgehead atoms. The average molecular weight is 372 g/mol. The van der Waals surface area contributed by atoms with Gasteiger partial charge in [-0.1, -0.05) is 29.8 Å². The summed E-state index contributed by atoms with van der Waals surface area (Å²) in [4.78, 5) is 11.7. The van der Waals surface area contributed by atoms with Crippen LogP contribution in [0.1, 0.15) is 22.8 Å². The normalized spacial score (nSPS) is 20.7. The lowest BCUT2D eigenvalue weighted by atomic mass is 10.1. The highest BCUT2D eigenvalue weighted by molar-refractivity contribution is 7.89. The summed E-state index contributed by atoms with van der Waals surface area (Å²) in [7, 11) is -3.64. The quantitative estimate of drug-likeness (QED) is 0.897. The fourth-order valence-electron chi connectivity index (χ4n) is 3.34. The third-order valence-electron chi connectivity index (χ3n) is 4.82. The van der Waals surface area contributed by atoms with Gasteiger partial charge in [0.1, 0.15) is 0 Å². The number of sulfonamides is 1. The monoisotopic (exact) mass is 372 g/mol. The summed E-state index contributed by atoms with van der Waals surface area (Å²) in [6, 6.07) is 12.7. The SMILES string of the molecule is Cc1ccc(C2CN(S(=O)(=O)c3ccc4c(c3)CC(=O)N4)CCO2)cc1. The molecule has 0 aromatic heterocycles. The largest absolute Gasteiger partial charge is 0.371 e. The number of anilines is 1. The van der Waals surface area contributed by atoms with Crippen LogP contribution in [0, 0.1) is 6.92 Å². The second-order valence-electron chi connectivity index (χ2n) is 6.68.